The molecule has 1 unspecified atom stereocenters. The van der Waals surface area contributed by atoms with Crippen LogP contribution in [0.25, 0.3) is 11.2 Å². The third kappa shape index (κ3) is 2.24. The van der Waals surface area contributed by atoms with Gasteiger partial charge in [0.25, 0.3) is 0 Å². The average Bonchev–Trinajstić information content (AvgIpc) is 3.07. The fourth-order valence-electron chi connectivity index (χ4n) is 3.95. The van der Waals surface area contributed by atoms with Crippen molar-refractivity contribution in [3.05, 3.63) is 24.2 Å². The number of imidazole rings is 1. The Labute approximate surface area is 130 Å². The van der Waals surface area contributed by atoms with Gasteiger partial charge in [0.1, 0.15) is 16.6 Å². The first-order valence-corrected chi connectivity index (χ1v) is 9.93. The van der Waals surface area contributed by atoms with Crippen molar-refractivity contribution in [3.63, 3.8) is 0 Å². The minimum absolute atomic E-state index is 0.291. The van der Waals surface area contributed by atoms with Crippen molar-refractivity contribution in [2.75, 3.05) is 5.75 Å². The van der Waals surface area contributed by atoms with Gasteiger partial charge in [0, 0.05) is 12.2 Å². The normalized spacial score (nSPS) is 25.7. The molecule has 118 valence electrons. The van der Waals surface area contributed by atoms with Crippen LogP contribution in [-0.4, -0.2) is 28.7 Å². The molecule has 0 N–H and O–H groups in total. The zero-order valence-corrected chi connectivity index (χ0v) is 13.4. The lowest BCUT2D eigenvalue weighted by molar-refractivity contribution is 0.349. The van der Waals surface area contributed by atoms with Gasteiger partial charge in [-0.3, -0.25) is 0 Å². The van der Waals surface area contributed by atoms with Crippen LogP contribution < -0.4 is 0 Å². The number of fused-ring (bicyclic) bond motifs is 1. The Morgan fingerprint density at radius 2 is 1.91 bits per heavy atom. The summed E-state index contributed by atoms with van der Waals surface area (Å²) >= 11 is 0. The van der Waals surface area contributed by atoms with E-state index in [9.17, 15) is 8.42 Å². The van der Waals surface area contributed by atoms with Gasteiger partial charge in [0.05, 0.1) is 5.75 Å². The lowest BCUT2D eigenvalue weighted by Gasteiger charge is -2.26. The Morgan fingerprint density at radius 3 is 2.64 bits per heavy atom. The summed E-state index contributed by atoms with van der Waals surface area (Å²) in [5.74, 6) is 1.02. The van der Waals surface area contributed by atoms with Crippen molar-refractivity contribution in [3.8, 4) is 0 Å². The Morgan fingerprint density at radius 1 is 1.09 bits per heavy atom. The Bertz CT molecular complexity index is 791. The van der Waals surface area contributed by atoms with E-state index in [0.717, 1.165) is 36.3 Å². The standard InChI is InChI=1S/C16H21N3O2S/c20-22(21)11-5-9-14(22)16-18-13-8-4-10-17-15(13)19(16)12-6-2-1-3-7-12/h4,8,10,12,14H,1-3,5-7,9,11H2. The lowest BCUT2D eigenvalue weighted by atomic mass is 9.95. The van der Waals surface area contributed by atoms with Crippen molar-refractivity contribution in [1.29, 1.82) is 0 Å². The summed E-state index contributed by atoms with van der Waals surface area (Å²) in [4.78, 5) is 9.19. The van der Waals surface area contributed by atoms with Gasteiger partial charge < -0.3 is 4.57 Å². The van der Waals surface area contributed by atoms with Crippen LogP contribution in [0.4, 0.5) is 0 Å². The van der Waals surface area contributed by atoms with Crippen LogP contribution in [0.3, 0.4) is 0 Å². The summed E-state index contributed by atoms with van der Waals surface area (Å²) in [6.07, 6.45) is 9.09. The largest absolute Gasteiger partial charge is 0.308 e. The van der Waals surface area contributed by atoms with Gasteiger partial charge in [-0.15, -0.1) is 0 Å². The summed E-state index contributed by atoms with van der Waals surface area (Å²) in [6, 6.07) is 4.15. The summed E-state index contributed by atoms with van der Waals surface area (Å²) in [6.45, 7) is 0. The highest BCUT2D eigenvalue weighted by Crippen LogP contribution is 2.39. The molecule has 6 heteroatoms. The summed E-state index contributed by atoms with van der Waals surface area (Å²) in [5.41, 5.74) is 1.68. The first kappa shape index (κ1) is 14.2. The first-order valence-electron chi connectivity index (χ1n) is 8.21. The van der Waals surface area contributed by atoms with E-state index in [0.29, 0.717) is 18.2 Å². The second kappa shape index (κ2) is 5.33. The number of rotatable bonds is 2. The molecule has 1 saturated carbocycles. The molecule has 2 aromatic heterocycles. The maximum absolute atomic E-state index is 12.4. The van der Waals surface area contributed by atoms with Crippen molar-refractivity contribution in [2.24, 2.45) is 0 Å². The van der Waals surface area contributed by atoms with E-state index in [-0.39, 0.29) is 0 Å². The Balaban J connectivity index is 1.89. The van der Waals surface area contributed by atoms with Crippen LogP contribution in [-0.2, 0) is 9.84 Å². The fourth-order valence-corrected chi connectivity index (χ4v) is 5.82. The molecule has 0 bridgehead atoms. The number of sulfone groups is 1. The van der Waals surface area contributed by atoms with Crippen LogP contribution in [0.15, 0.2) is 18.3 Å². The van der Waals surface area contributed by atoms with Gasteiger partial charge >= 0.3 is 0 Å². The van der Waals surface area contributed by atoms with Gasteiger partial charge in [-0.25, -0.2) is 18.4 Å². The molecule has 3 heterocycles. The molecule has 2 fully saturated rings. The number of hydrogen-bond acceptors (Lipinski definition) is 4. The molecular weight excluding hydrogens is 298 g/mol. The molecule has 0 radical (unpaired) electrons. The molecule has 2 aliphatic rings. The SMILES string of the molecule is O=S1(=O)CCCC1c1nc2cccnc2n1C1CCCCC1. The number of nitrogens with zero attached hydrogens (tertiary/aromatic N) is 3. The smallest absolute Gasteiger partial charge is 0.160 e. The molecule has 0 amide bonds. The minimum Gasteiger partial charge on any atom is -0.308 e. The van der Waals surface area contributed by atoms with E-state index in [4.69, 9.17) is 0 Å². The van der Waals surface area contributed by atoms with Crippen molar-refractivity contribution in [1.82, 2.24) is 14.5 Å². The molecule has 0 aromatic carbocycles. The molecule has 1 aliphatic carbocycles. The van der Waals surface area contributed by atoms with Crippen molar-refractivity contribution >= 4 is 21.0 Å². The van der Waals surface area contributed by atoms with E-state index in [1.165, 1.54) is 19.3 Å². The number of hydrogen-bond donors (Lipinski definition) is 0. The van der Waals surface area contributed by atoms with Crippen LogP contribution in [0.2, 0.25) is 0 Å². The molecule has 1 aliphatic heterocycles. The highest BCUT2D eigenvalue weighted by atomic mass is 32.2. The summed E-state index contributed by atoms with van der Waals surface area (Å²) < 4.78 is 27.0. The maximum atomic E-state index is 12.4. The molecule has 0 spiro atoms. The molecule has 22 heavy (non-hydrogen) atoms. The zero-order chi connectivity index (χ0) is 15.2. The zero-order valence-electron chi connectivity index (χ0n) is 12.6. The van der Waals surface area contributed by atoms with Gasteiger partial charge in [0.2, 0.25) is 0 Å². The van der Waals surface area contributed by atoms with E-state index in [2.05, 4.69) is 14.5 Å². The topological polar surface area (TPSA) is 64.8 Å². The Kier molecular flexibility index (Phi) is 3.44. The van der Waals surface area contributed by atoms with Crippen LogP contribution in [0, 0.1) is 0 Å². The van der Waals surface area contributed by atoms with Crippen LogP contribution >= 0.6 is 0 Å². The first-order chi connectivity index (χ1) is 10.7. The minimum atomic E-state index is -3.06. The van der Waals surface area contributed by atoms with E-state index in [1.807, 2.05) is 12.1 Å². The summed E-state index contributed by atoms with van der Waals surface area (Å²) in [7, 11) is -3.06. The molecule has 1 saturated heterocycles. The second-order valence-electron chi connectivity index (χ2n) is 6.48. The molecular formula is C16H21N3O2S. The van der Waals surface area contributed by atoms with E-state index < -0.39 is 15.1 Å². The second-order valence-corrected chi connectivity index (χ2v) is 8.78. The van der Waals surface area contributed by atoms with Gasteiger partial charge in [-0.1, -0.05) is 19.3 Å². The van der Waals surface area contributed by atoms with Gasteiger partial charge in [-0.2, -0.15) is 0 Å². The maximum Gasteiger partial charge on any atom is 0.160 e. The van der Waals surface area contributed by atoms with E-state index in [1.54, 1.807) is 6.20 Å². The number of aromatic nitrogens is 3. The monoisotopic (exact) mass is 319 g/mol. The van der Waals surface area contributed by atoms with Crippen LogP contribution in [0.5, 0.6) is 0 Å². The fraction of sp³-hybridized carbons (Fsp3) is 0.625. The molecule has 4 rings (SSSR count). The van der Waals surface area contributed by atoms with Crippen molar-refractivity contribution < 1.29 is 8.42 Å². The van der Waals surface area contributed by atoms with Crippen LogP contribution in [0.1, 0.15) is 62.1 Å². The van der Waals surface area contributed by atoms with Gasteiger partial charge in [-0.05, 0) is 37.8 Å². The molecule has 5 nitrogen and oxygen atoms in total. The third-order valence-corrected chi connectivity index (χ3v) is 7.20. The van der Waals surface area contributed by atoms with E-state index >= 15 is 0 Å². The predicted molar refractivity (Wildman–Crippen MR) is 85.4 cm³/mol. The van der Waals surface area contributed by atoms with Gasteiger partial charge in [0.15, 0.2) is 15.5 Å². The predicted octanol–water partition coefficient (Wildman–Crippen LogP) is 3.19. The third-order valence-electron chi connectivity index (χ3n) is 5.03. The molecule has 2 aromatic rings. The van der Waals surface area contributed by atoms with Crippen molar-refractivity contribution in [2.45, 2.75) is 56.2 Å². The Hall–Kier alpha value is -1.43. The summed E-state index contributed by atoms with van der Waals surface area (Å²) in [5, 5.41) is -0.441. The number of pyridine rings is 1. The quantitative estimate of drug-likeness (QED) is 0.852. The highest BCUT2D eigenvalue weighted by molar-refractivity contribution is 7.91. The average molecular weight is 319 g/mol. The lowest BCUT2D eigenvalue weighted by Crippen LogP contribution is -2.20. The molecule has 1 atom stereocenters. The highest BCUT2D eigenvalue weighted by Gasteiger charge is 2.38.